The highest BCUT2D eigenvalue weighted by molar-refractivity contribution is 5.76. The molecule has 1 amide bonds. The lowest BCUT2D eigenvalue weighted by molar-refractivity contribution is -0.302. The third-order valence-electron chi connectivity index (χ3n) is 10.5. The lowest BCUT2D eigenvalue weighted by Crippen LogP contribution is -2.60. The zero-order chi connectivity index (χ0) is 43.0. The zero-order valence-corrected chi connectivity index (χ0v) is 37.0. The molecule has 1 fully saturated rings. The summed E-state index contributed by atoms with van der Waals surface area (Å²) in [7, 11) is 0. The van der Waals surface area contributed by atoms with Crippen molar-refractivity contribution in [2.45, 2.75) is 211 Å². The van der Waals surface area contributed by atoms with Gasteiger partial charge in [0, 0.05) is 6.42 Å². The molecule has 1 saturated heterocycles. The van der Waals surface area contributed by atoms with Crippen LogP contribution in [0.25, 0.3) is 0 Å². The topological polar surface area (TPSA) is 149 Å². The summed E-state index contributed by atoms with van der Waals surface area (Å²) in [6, 6.07) is -0.727. The molecule has 1 heterocycles. The van der Waals surface area contributed by atoms with E-state index in [-0.39, 0.29) is 12.5 Å². The summed E-state index contributed by atoms with van der Waals surface area (Å²) >= 11 is 0. The van der Waals surface area contributed by atoms with Gasteiger partial charge >= 0.3 is 0 Å². The summed E-state index contributed by atoms with van der Waals surface area (Å²) in [6.45, 7) is 3.64. The van der Waals surface area contributed by atoms with Crippen molar-refractivity contribution in [3.05, 3.63) is 85.1 Å². The van der Waals surface area contributed by atoms with E-state index in [1.807, 2.05) is 0 Å². The Labute approximate surface area is 359 Å². The van der Waals surface area contributed by atoms with Gasteiger partial charge in [0.15, 0.2) is 6.29 Å². The van der Waals surface area contributed by atoms with Crippen molar-refractivity contribution in [3.8, 4) is 0 Å². The van der Waals surface area contributed by atoms with Crippen molar-refractivity contribution >= 4 is 5.91 Å². The number of allylic oxidation sites excluding steroid dienone is 14. The maximum Gasteiger partial charge on any atom is 0.220 e. The fraction of sp³-hybridized carbons (Fsp3) is 0.700. The van der Waals surface area contributed by atoms with Crippen molar-refractivity contribution < 1.29 is 39.8 Å². The molecule has 9 heteroatoms. The number of carbonyl (C=O) groups is 1. The molecule has 9 nitrogen and oxygen atoms in total. The van der Waals surface area contributed by atoms with Crippen LogP contribution in [0.15, 0.2) is 85.1 Å². The normalized spacial score (nSPS) is 21.5. The smallest absolute Gasteiger partial charge is 0.220 e. The van der Waals surface area contributed by atoms with Gasteiger partial charge in [-0.15, -0.1) is 0 Å². The minimum absolute atomic E-state index is 0.149. The Morgan fingerprint density at radius 3 is 1.56 bits per heavy atom. The quantitative estimate of drug-likeness (QED) is 0.0268. The Hall–Kier alpha value is -2.63. The first-order chi connectivity index (χ1) is 28.8. The molecular weight excluding hydrogens is 743 g/mol. The molecule has 0 aromatic rings. The van der Waals surface area contributed by atoms with E-state index in [9.17, 15) is 30.3 Å². The molecule has 1 rings (SSSR count). The number of aliphatic hydroxyl groups excluding tert-OH is 5. The summed E-state index contributed by atoms with van der Waals surface area (Å²) in [5, 5.41) is 54.0. The minimum atomic E-state index is -1.56. The van der Waals surface area contributed by atoms with E-state index >= 15 is 0 Å². The van der Waals surface area contributed by atoms with Crippen LogP contribution in [0.3, 0.4) is 0 Å². The van der Waals surface area contributed by atoms with Gasteiger partial charge in [0.2, 0.25) is 5.91 Å². The van der Waals surface area contributed by atoms with Crippen LogP contribution in [0.1, 0.15) is 168 Å². The van der Waals surface area contributed by atoms with Crippen LogP contribution < -0.4 is 5.32 Å². The number of hydrogen-bond acceptors (Lipinski definition) is 8. The van der Waals surface area contributed by atoms with Gasteiger partial charge in [-0.2, -0.15) is 0 Å². The molecule has 1 aliphatic heterocycles. The number of unbranched alkanes of at least 4 members (excludes halogenated alkanes) is 13. The van der Waals surface area contributed by atoms with E-state index in [1.54, 1.807) is 0 Å². The Bertz CT molecular complexity index is 1190. The molecular formula is C50H85NO8. The molecule has 1 aliphatic rings. The lowest BCUT2D eigenvalue weighted by atomic mass is 9.99. The van der Waals surface area contributed by atoms with Crippen molar-refractivity contribution in [1.29, 1.82) is 0 Å². The molecule has 338 valence electrons. The van der Waals surface area contributed by atoms with Crippen molar-refractivity contribution in [2.75, 3.05) is 13.2 Å². The van der Waals surface area contributed by atoms with E-state index in [0.717, 1.165) is 96.3 Å². The monoisotopic (exact) mass is 828 g/mol. The van der Waals surface area contributed by atoms with E-state index in [4.69, 9.17) is 9.47 Å². The summed E-state index contributed by atoms with van der Waals surface area (Å²) < 4.78 is 11.2. The fourth-order valence-corrected chi connectivity index (χ4v) is 6.79. The number of rotatable bonds is 37. The molecule has 0 bridgehead atoms. The van der Waals surface area contributed by atoms with Crippen LogP contribution in [-0.4, -0.2) is 87.5 Å². The third kappa shape index (κ3) is 30.1. The van der Waals surface area contributed by atoms with Crippen LogP contribution in [0, 0.1) is 0 Å². The number of hydrogen-bond donors (Lipinski definition) is 6. The molecule has 0 saturated carbocycles. The third-order valence-corrected chi connectivity index (χ3v) is 10.5. The highest BCUT2D eigenvalue weighted by atomic mass is 16.7. The maximum atomic E-state index is 12.9. The van der Waals surface area contributed by atoms with Gasteiger partial charge < -0.3 is 40.3 Å². The second-order valence-electron chi connectivity index (χ2n) is 15.8. The van der Waals surface area contributed by atoms with Gasteiger partial charge in [-0.3, -0.25) is 4.79 Å². The number of ether oxygens (including phenoxy) is 2. The van der Waals surface area contributed by atoms with Gasteiger partial charge in [0.1, 0.15) is 24.4 Å². The van der Waals surface area contributed by atoms with Crippen LogP contribution >= 0.6 is 0 Å². The molecule has 6 N–H and O–H groups in total. The maximum absolute atomic E-state index is 12.9. The van der Waals surface area contributed by atoms with Crippen LogP contribution in [-0.2, 0) is 14.3 Å². The van der Waals surface area contributed by atoms with Crippen molar-refractivity contribution in [2.24, 2.45) is 0 Å². The van der Waals surface area contributed by atoms with Crippen molar-refractivity contribution in [3.63, 3.8) is 0 Å². The molecule has 7 atom stereocenters. The Morgan fingerprint density at radius 1 is 0.593 bits per heavy atom. The molecule has 7 unspecified atom stereocenters. The van der Waals surface area contributed by atoms with Gasteiger partial charge in [-0.1, -0.05) is 176 Å². The number of carbonyl (C=O) groups excluding carboxylic acids is 1. The van der Waals surface area contributed by atoms with E-state index < -0.39 is 49.5 Å². The average molecular weight is 828 g/mol. The number of amides is 1. The van der Waals surface area contributed by atoms with Crippen LogP contribution in [0.4, 0.5) is 0 Å². The number of nitrogens with one attached hydrogen (secondary N) is 1. The second kappa shape index (κ2) is 39.5. The van der Waals surface area contributed by atoms with Gasteiger partial charge in [0.05, 0.1) is 25.4 Å². The minimum Gasteiger partial charge on any atom is -0.394 e. The predicted octanol–water partition coefficient (Wildman–Crippen LogP) is 9.94. The zero-order valence-electron chi connectivity index (χ0n) is 37.0. The first kappa shape index (κ1) is 54.4. The summed E-state index contributed by atoms with van der Waals surface area (Å²) in [5.41, 5.74) is 0. The first-order valence-electron chi connectivity index (χ1n) is 23.3. The predicted molar refractivity (Wildman–Crippen MR) is 244 cm³/mol. The van der Waals surface area contributed by atoms with E-state index in [2.05, 4.69) is 104 Å². The van der Waals surface area contributed by atoms with Crippen LogP contribution in [0.5, 0.6) is 0 Å². The molecule has 0 aromatic heterocycles. The average Bonchev–Trinajstić information content (AvgIpc) is 3.23. The second-order valence-corrected chi connectivity index (χ2v) is 15.8. The van der Waals surface area contributed by atoms with Crippen LogP contribution in [0.2, 0.25) is 0 Å². The molecule has 0 aromatic carbocycles. The van der Waals surface area contributed by atoms with Gasteiger partial charge in [-0.05, 0) is 70.6 Å². The summed E-state index contributed by atoms with van der Waals surface area (Å²) in [6.07, 6.45) is 47.6. The fourth-order valence-electron chi connectivity index (χ4n) is 6.79. The molecule has 0 radical (unpaired) electrons. The Balaban J connectivity index is 2.19. The SMILES string of the molecule is CC/C=C\C/C=C\C/C=C\C/C=C\C/C=C\C/C=C\C/C=C\CCCCCCCCCC(=O)NC(COC1OC(CO)C(O)C(O)C1O)C(O)CCCCCCCCC. The van der Waals surface area contributed by atoms with E-state index in [1.165, 1.54) is 44.9 Å². The molecule has 0 aliphatic carbocycles. The standard InChI is InChI=1S/C50H85NO8/c1-3-5-7-9-11-12-13-14-15-16-17-18-19-20-21-22-23-24-25-26-27-28-29-30-31-32-34-36-38-40-46(54)51-43(44(53)39-37-35-33-10-8-6-4-2)42-58-50-49(57)48(56)47(55)45(41-52)59-50/h5,7,11-12,14-15,17-18,20-21,23-24,26-27,43-45,47-50,52-53,55-57H,3-4,6,8-10,13,16,19,22,25,28-42H2,1-2H3,(H,51,54)/b7-5-,12-11-,15-14-,18-17-,21-20-,24-23-,27-26-. The Kier molecular flexibility index (Phi) is 36.4. The van der Waals surface area contributed by atoms with E-state index in [0.29, 0.717) is 12.8 Å². The van der Waals surface area contributed by atoms with Crippen molar-refractivity contribution in [1.82, 2.24) is 5.32 Å². The lowest BCUT2D eigenvalue weighted by Gasteiger charge is -2.40. The summed E-state index contributed by atoms with van der Waals surface area (Å²) in [4.78, 5) is 12.9. The molecule has 0 spiro atoms. The van der Waals surface area contributed by atoms with Gasteiger partial charge in [-0.25, -0.2) is 0 Å². The summed E-state index contributed by atoms with van der Waals surface area (Å²) in [5.74, 6) is -0.165. The molecule has 59 heavy (non-hydrogen) atoms. The number of aliphatic hydroxyl groups is 5. The first-order valence-corrected chi connectivity index (χ1v) is 23.3. The Morgan fingerprint density at radius 2 is 1.05 bits per heavy atom. The van der Waals surface area contributed by atoms with Gasteiger partial charge in [0.25, 0.3) is 0 Å². The highest BCUT2D eigenvalue weighted by Crippen LogP contribution is 2.23. The largest absolute Gasteiger partial charge is 0.394 e. The highest BCUT2D eigenvalue weighted by Gasteiger charge is 2.44.